The van der Waals surface area contributed by atoms with Crippen LogP contribution >= 0.6 is 0 Å². The smallest absolute Gasteiger partial charge is 0.410 e. The second kappa shape index (κ2) is 9.33. The number of fused-ring (bicyclic) bond motifs is 3. The Hall–Kier alpha value is -2.86. The van der Waals surface area contributed by atoms with Crippen LogP contribution in [-0.4, -0.2) is 55.0 Å². The second-order valence-corrected chi connectivity index (χ2v) is 9.40. The molecular formula is C26H31NO5. The summed E-state index contributed by atoms with van der Waals surface area (Å²) in [5, 5.41) is 0. The predicted molar refractivity (Wildman–Crippen MR) is 121 cm³/mol. The number of carbonyl (C=O) groups excluding carboxylic acids is 2. The van der Waals surface area contributed by atoms with Crippen LogP contribution in [0.15, 0.2) is 48.5 Å². The van der Waals surface area contributed by atoms with Crippen molar-refractivity contribution in [1.82, 2.24) is 4.90 Å². The van der Waals surface area contributed by atoms with E-state index >= 15 is 0 Å². The summed E-state index contributed by atoms with van der Waals surface area (Å²) in [6, 6.07) is 16.5. The summed E-state index contributed by atoms with van der Waals surface area (Å²) in [4.78, 5) is 26.4. The molecule has 0 saturated carbocycles. The van der Waals surface area contributed by atoms with Gasteiger partial charge in [0.05, 0.1) is 12.6 Å². The maximum Gasteiger partial charge on any atom is 0.410 e. The van der Waals surface area contributed by atoms with Crippen LogP contribution in [0.3, 0.4) is 0 Å². The summed E-state index contributed by atoms with van der Waals surface area (Å²) in [6.45, 7) is 6.57. The third-order valence-corrected chi connectivity index (χ3v) is 5.90. The largest absolute Gasteiger partial charge is 0.458 e. The number of nitrogens with zero attached hydrogens (tertiary/aromatic N) is 1. The molecule has 2 aliphatic rings. The van der Waals surface area contributed by atoms with Gasteiger partial charge in [-0.1, -0.05) is 48.5 Å². The lowest BCUT2D eigenvalue weighted by Crippen LogP contribution is -2.39. The lowest BCUT2D eigenvalue weighted by Gasteiger charge is -2.25. The second-order valence-electron chi connectivity index (χ2n) is 9.40. The Morgan fingerprint density at radius 3 is 2.22 bits per heavy atom. The lowest BCUT2D eigenvalue weighted by molar-refractivity contribution is -0.160. The Morgan fingerprint density at radius 2 is 1.59 bits per heavy atom. The average Bonchev–Trinajstić information content (AvgIpc) is 3.34. The molecule has 0 aromatic heterocycles. The molecular weight excluding hydrogens is 406 g/mol. The number of esters is 1. The molecule has 32 heavy (non-hydrogen) atoms. The molecule has 1 fully saturated rings. The first kappa shape index (κ1) is 22.3. The summed E-state index contributed by atoms with van der Waals surface area (Å²) < 4.78 is 16.6. The van der Waals surface area contributed by atoms with Crippen LogP contribution in [0, 0.1) is 0 Å². The minimum atomic E-state index is -0.541. The molecule has 0 spiro atoms. The fraction of sp³-hybridized carbons (Fsp3) is 0.462. The van der Waals surface area contributed by atoms with Crippen molar-refractivity contribution >= 4 is 12.1 Å². The molecule has 1 aliphatic carbocycles. The van der Waals surface area contributed by atoms with Crippen molar-refractivity contribution in [3.63, 3.8) is 0 Å². The van der Waals surface area contributed by atoms with Crippen LogP contribution in [0.25, 0.3) is 11.1 Å². The third kappa shape index (κ3) is 4.96. The van der Waals surface area contributed by atoms with E-state index in [1.165, 1.54) is 22.3 Å². The molecule has 0 N–H and O–H groups in total. The molecule has 2 aromatic carbocycles. The first-order valence-electron chi connectivity index (χ1n) is 11.2. The van der Waals surface area contributed by atoms with Gasteiger partial charge in [0.25, 0.3) is 0 Å². The van der Waals surface area contributed by atoms with Crippen LogP contribution in [0.5, 0.6) is 0 Å². The van der Waals surface area contributed by atoms with Gasteiger partial charge in [0, 0.05) is 12.5 Å². The molecule has 1 saturated heterocycles. The molecule has 4 rings (SSSR count). The molecule has 1 unspecified atom stereocenters. The van der Waals surface area contributed by atoms with Crippen LogP contribution in [0.4, 0.5) is 4.79 Å². The Kier molecular flexibility index (Phi) is 6.51. The van der Waals surface area contributed by atoms with E-state index in [2.05, 4.69) is 24.3 Å². The van der Waals surface area contributed by atoms with Crippen molar-refractivity contribution in [3.8, 4) is 11.1 Å². The SMILES string of the molecule is CC(C)(C)OC(=O)COCC1CCCN1C(=O)OCC1c2ccccc2-c2ccccc21. The molecule has 1 aliphatic heterocycles. The van der Waals surface area contributed by atoms with Crippen molar-refractivity contribution in [2.45, 2.75) is 51.2 Å². The highest BCUT2D eigenvalue weighted by Crippen LogP contribution is 2.44. The monoisotopic (exact) mass is 437 g/mol. The first-order chi connectivity index (χ1) is 15.3. The highest BCUT2D eigenvalue weighted by Gasteiger charge is 2.33. The molecule has 0 bridgehead atoms. The quantitative estimate of drug-likeness (QED) is 0.610. The van der Waals surface area contributed by atoms with Gasteiger partial charge in [0.15, 0.2) is 0 Å². The standard InChI is InChI=1S/C26H31NO5/c1-26(2,3)32-24(28)17-30-15-18-9-8-14-27(18)25(29)31-16-23-21-12-6-4-10-19(21)20-11-5-7-13-22(20)23/h4-7,10-13,18,23H,8-9,14-17H2,1-3H3. The number of likely N-dealkylation sites (tertiary alicyclic amines) is 1. The van der Waals surface area contributed by atoms with Gasteiger partial charge >= 0.3 is 12.1 Å². The fourth-order valence-electron chi connectivity index (χ4n) is 4.58. The van der Waals surface area contributed by atoms with E-state index in [1.807, 2.05) is 45.0 Å². The molecule has 1 heterocycles. The number of amides is 1. The molecule has 6 nitrogen and oxygen atoms in total. The fourth-order valence-corrected chi connectivity index (χ4v) is 4.58. The summed E-state index contributed by atoms with van der Waals surface area (Å²) in [6.07, 6.45) is 1.40. The van der Waals surface area contributed by atoms with Gasteiger partial charge in [-0.15, -0.1) is 0 Å². The van der Waals surface area contributed by atoms with Gasteiger partial charge in [-0.2, -0.15) is 0 Å². The zero-order valence-electron chi connectivity index (χ0n) is 19.0. The maximum absolute atomic E-state index is 12.9. The molecule has 0 radical (unpaired) electrons. The molecule has 1 atom stereocenters. The van der Waals surface area contributed by atoms with E-state index < -0.39 is 11.6 Å². The topological polar surface area (TPSA) is 65.1 Å². The Bertz CT molecular complexity index is 935. The first-order valence-corrected chi connectivity index (χ1v) is 11.2. The van der Waals surface area contributed by atoms with Gasteiger partial charge < -0.3 is 19.1 Å². The number of carbonyl (C=O) groups is 2. The predicted octanol–water partition coefficient (Wildman–Crippen LogP) is 4.76. The number of benzene rings is 2. The zero-order valence-corrected chi connectivity index (χ0v) is 19.0. The van der Waals surface area contributed by atoms with Gasteiger partial charge in [0.1, 0.15) is 18.8 Å². The van der Waals surface area contributed by atoms with E-state index in [4.69, 9.17) is 14.2 Å². The van der Waals surface area contributed by atoms with Gasteiger partial charge in [-0.05, 0) is 55.9 Å². The Labute approximate surface area is 189 Å². The molecule has 1 amide bonds. The van der Waals surface area contributed by atoms with Gasteiger partial charge in [-0.3, -0.25) is 0 Å². The summed E-state index contributed by atoms with van der Waals surface area (Å²) >= 11 is 0. The summed E-state index contributed by atoms with van der Waals surface area (Å²) in [5.74, 6) is -0.362. The van der Waals surface area contributed by atoms with E-state index in [9.17, 15) is 9.59 Å². The average molecular weight is 438 g/mol. The highest BCUT2D eigenvalue weighted by atomic mass is 16.6. The van der Waals surface area contributed by atoms with E-state index in [0.717, 1.165) is 12.8 Å². The Balaban J connectivity index is 1.33. The van der Waals surface area contributed by atoms with Gasteiger partial charge in [0.2, 0.25) is 0 Å². The van der Waals surface area contributed by atoms with Crippen LogP contribution in [0.2, 0.25) is 0 Å². The van der Waals surface area contributed by atoms with E-state index in [-0.39, 0.29) is 24.7 Å². The number of hydrogen-bond donors (Lipinski definition) is 0. The molecule has 2 aromatic rings. The van der Waals surface area contributed by atoms with Crippen molar-refractivity contribution in [3.05, 3.63) is 59.7 Å². The van der Waals surface area contributed by atoms with Gasteiger partial charge in [-0.25, -0.2) is 9.59 Å². The normalized spacial score (nSPS) is 17.7. The summed E-state index contributed by atoms with van der Waals surface area (Å²) in [7, 11) is 0. The highest BCUT2D eigenvalue weighted by molar-refractivity contribution is 5.79. The third-order valence-electron chi connectivity index (χ3n) is 5.90. The Morgan fingerprint density at radius 1 is 0.969 bits per heavy atom. The maximum atomic E-state index is 12.9. The van der Waals surface area contributed by atoms with Crippen molar-refractivity contribution in [2.75, 3.05) is 26.4 Å². The van der Waals surface area contributed by atoms with Crippen LogP contribution < -0.4 is 0 Å². The molecule has 170 valence electrons. The minimum absolute atomic E-state index is 0.0378. The van der Waals surface area contributed by atoms with Crippen LogP contribution in [0.1, 0.15) is 50.7 Å². The van der Waals surface area contributed by atoms with Crippen molar-refractivity contribution in [1.29, 1.82) is 0 Å². The molecule has 6 heteroatoms. The number of ether oxygens (including phenoxy) is 3. The van der Waals surface area contributed by atoms with Crippen LogP contribution in [-0.2, 0) is 19.0 Å². The minimum Gasteiger partial charge on any atom is -0.458 e. The number of rotatable bonds is 6. The van der Waals surface area contributed by atoms with E-state index in [1.54, 1.807) is 4.90 Å². The van der Waals surface area contributed by atoms with E-state index in [0.29, 0.717) is 19.8 Å². The number of hydrogen-bond acceptors (Lipinski definition) is 5. The zero-order chi connectivity index (χ0) is 22.7. The van der Waals surface area contributed by atoms with Crippen molar-refractivity contribution < 1.29 is 23.8 Å². The lowest BCUT2D eigenvalue weighted by atomic mass is 9.98. The van der Waals surface area contributed by atoms with Crippen molar-refractivity contribution in [2.24, 2.45) is 0 Å². The summed E-state index contributed by atoms with van der Waals surface area (Å²) in [5.41, 5.74) is 4.26.